The van der Waals surface area contributed by atoms with E-state index in [1.807, 2.05) is 37.3 Å². The molecule has 4 rings (SSSR count). The predicted octanol–water partition coefficient (Wildman–Crippen LogP) is 4.71. The summed E-state index contributed by atoms with van der Waals surface area (Å²) in [5.74, 6) is 1.51. The number of imidazole rings is 1. The second kappa shape index (κ2) is 5.57. The van der Waals surface area contributed by atoms with E-state index in [4.69, 9.17) is 4.52 Å². The van der Waals surface area contributed by atoms with Crippen LogP contribution in [0, 0.1) is 6.92 Å². The monoisotopic (exact) mass is 301 g/mol. The highest BCUT2D eigenvalue weighted by Crippen LogP contribution is 2.37. The van der Waals surface area contributed by atoms with Crippen LogP contribution in [0.1, 0.15) is 5.76 Å². The van der Waals surface area contributed by atoms with Gasteiger partial charge in [0, 0.05) is 18.0 Å². The van der Waals surface area contributed by atoms with E-state index < -0.39 is 0 Å². The van der Waals surface area contributed by atoms with Crippen molar-refractivity contribution in [1.29, 1.82) is 0 Å². The maximum atomic E-state index is 5.45. The van der Waals surface area contributed by atoms with Gasteiger partial charge in [-0.05, 0) is 18.1 Å². The average molecular weight is 301 g/mol. The van der Waals surface area contributed by atoms with Gasteiger partial charge in [0.2, 0.25) is 0 Å². The smallest absolute Gasteiger partial charge is 0.145 e. The number of rotatable bonds is 3. The van der Waals surface area contributed by atoms with Crippen molar-refractivity contribution in [2.24, 2.45) is 0 Å². The predicted molar refractivity (Wildman–Crippen MR) is 89.7 cm³/mol. The summed E-state index contributed by atoms with van der Waals surface area (Å²) in [7, 11) is 0. The summed E-state index contributed by atoms with van der Waals surface area (Å²) < 4.78 is 5.45. The Hall–Kier alpha value is -3.14. The first-order chi connectivity index (χ1) is 11.3. The Bertz CT molecular complexity index is 924. The summed E-state index contributed by atoms with van der Waals surface area (Å²) in [6, 6.07) is 18.5. The number of nitrogens with one attached hydrogen (secondary N) is 1. The van der Waals surface area contributed by atoms with Crippen molar-refractivity contribution in [2.75, 3.05) is 0 Å². The molecule has 4 nitrogen and oxygen atoms in total. The molecular formula is C19H15N3O. The van der Waals surface area contributed by atoms with Gasteiger partial charge in [-0.3, -0.25) is 0 Å². The van der Waals surface area contributed by atoms with Gasteiger partial charge in [0.1, 0.15) is 17.3 Å². The van der Waals surface area contributed by atoms with E-state index >= 15 is 0 Å². The van der Waals surface area contributed by atoms with Crippen LogP contribution in [-0.2, 0) is 0 Å². The van der Waals surface area contributed by atoms with Crippen LogP contribution in [0.25, 0.3) is 33.8 Å². The molecule has 0 radical (unpaired) electrons. The van der Waals surface area contributed by atoms with Crippen molar-refractivity contribution in [1.82, 2.24) is 15.1 Å². The normalized spacial score (nSPS) is 10.8. The van der Waals surface area contributed by atoms with E-state index in [0.717, 1.165) is 39.5 Å². The first-order valence-electron chi connectivity index (χ1n) is 7.45. The third-order valence-electron chi connectivity index (χ3n) is 3.86. The number of hydrogen-bond donors (Lipinski definition) is 1. The molecule has 4 aromatic rings. The zero-order chi connectivity index (χ0) is 15.6. The van der Waals surface area contributed by atoms with E-state index in [9.17, 15) is 0 Å². The Morgan fingerprint density at radius 1 is 0.913 bits per heavy atom. The fourth-order valence-corrected chi connectivity index (χ4v) is 2.80. The Morgan fingerprint density at radius 3 is 2.39 bits per heavy atom. The van der Waals surface area contributed by atoms with Crippen LogP contribution in [0.2, 0.25) is 0 Å². The second-order valence-electron chi connectivity index (χ2n) is 5.31. The Labute approximate surface area is 133 Å². The van der Waals surface area contributed by atoms with Gasteiger partial charge in [-0.1, -0.05) is 59.8 Å². The van der Waals surface area contributed by atoms with Crippen molar-refractivity contribution in [3.63, 3.8) is 0 Å². The number of H-pyrrole nitrogens is 1. The molecule has 0 aliphatic carbocycles. The van der Waals surface area contributed by atoms with Crippen molar-refractivity contribution >= 4 is 0 Å². The Balaban J connectivity index is 1.94. The number of aryl methyl sites for hydroxylation is 1. The molecule has 0 atom stereocenters. The topological polar surface area (TPSA) is 54.7 Å². The first kappa shape index (κ1) is 13.5. The molecule has 0 bridgehead atoms. The van der Waals surface area contributed by atoms with Crippen LogP contribution in [0.3, 0.4) is 0 Å². The lowest BCUT2D eigenvalue weighted by Gasteiger charge is -2.08. The number of benzene rings is 2. The fourth-order valence-electron chi connectivity index (χ4n) is 2.80. The fraction of sp³-hybridized carbons (Fsp3) is 0.0526. The number of aromatic nitrogens is 3. The molecule has 1 N–H and O–H groups in total. The van der Waals surface area contributed by atoms with Crippen molar-refractivity contribution in [3.8, 4) is 33.8 Å². The van der Waals surface area contributed by atoms with Gasteiger partial charge in [0.15, 0.2) is 0 Å². The van der Waals surface area contributed by atoms with Gasteiger partial charge >= 0.3 is 0 Å². The molecule has 2 aromatic heterocycles. The largest absolute Gasteiger partial charge is 0.360 e. The van der Waals surface area contributed by atoms with Crippen LogP contribution < -0.4 is 0 Å². The zero-order valence-electron chi connectivity index (χ0n) is 12.7. The van der Waals surface area contributed by atoms with E-state index in [1.54, 1.807) is 12.4 Å². The third kappa shape index (κ3) is 2.34. The SMILES string of the molecule is Cc1onc(-c2ccccc2-c2ccccc2)c1-c1ncc[nH]1. The van der Waals surface area contributed by atoms with E-state index in [1.165, 1.54) is 0 Å². The Kier molecular flexibility index (Phi) is 3.27. The van der Waals surface area contributed by atoms with Gasteiger partial charge in [0.05, 0.1) is 5.56 Å². The molecule has 23 heavy (non-hydrogen) atoms. The molecule has 2 aromatic carbocycles. The molecule has 0 aliphatic heterocycles. The average Bonchev–Trinajstić information content (AvgIpc) is 3.25. The van der Waals surface area contributed by atoms with Crippen molar-refractivity contribution < 1.29 is 4.52 Å². The van der Waals surface area contributed by atoms with Crippen LogP contribution in [0.5, 0.6) is 0 Å². The minimum Gasteiger partial charge on any atom is -0.360 e. The highest BCUT2D eigenvalue weighted by molar-refractivity contribution is 5.88. The van der Waals surface area contributed by atoms with Crippen LogP contribution in [0.4, 0.5) is 0 Å². The minimum absolute atomic E-state index is 0.748. The minimum atomic E-state index is 0.748. The molecule has 0 amide bonds. The van der Waals surface area contributed by atoms with Crippen LogP contribution >= 0.6 is 0 Å². The molecule has 112 valence electrons. The summed E-state index contributed by atoms with van der Waals surface area (Å²) in [6.45, 7) is 1.90. The highest BCUT2D eigenvalue weighted by Gasteiger charge is 2.20. The van der Waals surface area contributed by atoms with Gasteiger partial charge < -0.3 is 9.51 Å². The van der Waals surface area contributed by atoms with Crippen LogP contribution in [0.15, 0.2) is 71.5 Å². The number of nitrogens with zero attached hydrogens (tertiary/aromatic N) is 2. The molecule has 0 spiro atoms. The maximum Gasteiger partial charge on any atom is 0.145 e. The number of aromatic amines is 1. The molecule has 0 unspecified atom stereocenters. The van der Waals surface area contributed by atoms with Crippen molar-refractivity contribution in [3.05, 3.63) is 72.8 Å². The lowest BCUT2D eigenvalue weighted by Crippen LogP contribution is -1.89. The van der Waals surface area contributed by atoms with Crippen molar-refractivity contribution in [2.45, 2.75) is 6.92 Å². The quantitative estimate of drug-likeness (QED) is 0.596. The highest BCUT2D eigenvalue weighted by atomic mass is 16.5. The molecule has 2 heterocycles. The standard InChI is InChI=1S/C19H15N3O/c1-13-17(19-20-11-12-21-19)18(22-23-13)16-10-6-5-9-15(16)14-7-3-2-4-8-14/h2-12H,1H3,(H,20,21). The summed E-state index contributed by atoms with van der Waals surface area (Å²) >= 11 is 0. The summed E-state index contributed by atoms with van der Waals surface area (Å²) in [4.78, 5) is 7.49. The summed E-state index contributed by atoms with van der Waals surface area (Å²) in [6.07, 6.45) is 3.53. The Morgan fingerprint density at radius 2 is 1.65 bits per heavy atom. The third-order valence-corrected chi connectivity index (χ3v) is 3.86. The lowest BCUT2D eigenvalue weighted by atomic mass is 9.95. The van der Waals surface area contributed by atoms with Gasteiger partial charge in [0.25, 0.3) is 0 Å². The lowest BCUT2D eigenvalue weighted by molar-refractivity contribution is 0.400. The van der Waals surface area contributed by atoms with Crippen LogP contribution in [-0.4, -0.2) is 15.1 Å². The molecule has 4 heteroatoms. The molecule has 0 saturated heterocycles. The molecule has 0 saturated carbocycles. The summed E-state index contributed by atoms with van der Waals surface area (Å²) in [5, 5.41) is 4.29. The number of hydrogen-bond acceptors (Lipinski definition) is 3. The van der Waals surface area contributed by atoms with Gasteiger partial charge in [-0.15, -0.1) is 0 Å². The molecular weight excluding hydrogens is 286 g/mol. The van der Waals surface area contributed by atoms with Gasteiger partial charge in [-0.25, -0.2) is 4.98 Å². The maximum absolute atomic E-state index is 5.45. The second-order valence-corrected chi connectivity index (χ2v) is 5.31. The molecule has 0 aliphatic rings. The zero-order valence-corrected chi connectivity index (χ0v) is 12.7. The van der Waals surface area contributed by atoms with E-state index in [-0.39, 0.29) is 0 Å². The summed E-state index contributed by atoms with van der Waals surface area (Å²) in [5.41, 5.74) is 5.00. The van der Waals surface area contributed by atoms with E-state index in [2.05, 4.69) is 39.4 Å². The molecule has 0 fully saturated rings. The van der Waals surface area contributed by atoms with E-state index in [0.29, 0.717) is 0 Å². The van der Waals surface area contributed by atoms with Gasteiger partial charge in [-0.2, -0.15) is 0 Å². The first-order valence-corrected chi connectivity index (χ1v) is 7.45.